The molecule has 0 aliphatic rings. The Balaban J connectivity index is 2.11. The molecule has 0 saturated carbocycles. The molecule has 2 aromatic carbocycles. The predicted octanol–water partition coefficient (Wildman–Crippen LogP) is 3.27. The van der Waals surface area contributed by atoms with Crippen molar-refractivity contribution >= 4 is 0 Å². The van der Waals surface area contributed by atoms with Gasteiger partial charge < -0.3 is 0 Å². The van der Waals surface area contributed by atoms with Gasteiger partial charge in [-0.25, -0.2) is 0 Å². The van der Waals surface area contributed by atoms with Gasteiger partial charge in [0.1, 0.15) is 0 Å². The van der Waals surface area contributed by atoms with Crippen LogP contribution in [0.25, 0.3) is 0 Å². The summed E-state index contributed by atoms with van der Waals surface area (Å²) in [7, 11) is 0. The zero-order chi connectivity index (χ0) is 13.5. The SMILES string of the molecule is Cc1cccc(C#CC#Cc2ccc(C#N)cc2)c1. The molecule has 0 unspecified atom stereocenters. The molecule has 0 N–H and O–H groups in total. The van der Waals surface area contributed by atoms with E-state index in [-0.39, 0.29) is 0 Å². The highest BCUT2D eigenvalue weighted by Crippen LogP contribution is 2.02. The molecular weight excluding hydrogens is 230 g/mol. The Bertz CT molecular complexity index is 738. The van der Waals surface area contributed by atoms with Crippen molar-refractivity contribution < 1.29 is 0 Å². The summed E-state index contributed by atoms with van der Waals surface area (Å²) in [6, 6.07) is 17.2. The van der Waals surface area contributed by atoms with Gasteiger partial charge >= 0.3 is 0 Å². The van der Waals surface area contributed by atoms with Gasteiger partial charge in [0.2, 0.25) is 0 Å². The van der Waals surface area contributed by atoms with Crippen molar-refractivity contribution in [3.8, 4) is 29.8 Å². The Morgan fingerprint density at radius 2 is 1.42 bits per heavy atom. The van der Waals surface area contributed by atoms with E-state index in [4.69, 9.17) is 5.26 Å². The maximum atomic E-state index is 8.68. The summed E-state index contributed by atoms with van der Waals surface area (Å²) in [4.78, 5) is 0. The predicted molar refractivity (Wildman–Crippen MR) is 76.1 cm³/mol. The molecule has 0 atom stereocenters. The number of nitriles is 1. The van der Waals surface area contributed by atoms with Gasteiger partial charge in [0.25, 0.3) is 0 Å². The Morgan fingerprint density at radius 3 is 2.05 bits per heavy atom. The average molecular weight is 241 g/mol. The Labute approximate surface area is 113 Å². The van der Waals surface area contributed by atoms with Crippen molar-refractivity contribution in [2.75, 3.05) is 0 Å². The van der Waals surface area contributed by atoms with Crippen molar-refractivity contribution in [1.82, 2.24) is 0 Å². The molecule has 2 aromatic rings. The number of nitrogens with zero attached hydrogens (tertiary/aromatic N) is 1. The lowest BCUT2D eigenvalue weighted by atomic mass is 10.1. The van der Waals surface area contributed by atoms with Crippen LogP contribution in [0.3, 0.4) is 0 Å². The molecule has 0 aliphatic heterocycles. The lowest BCUT2D eigenvalue weighted by Crippen LogP contribution is -1.76. The number of rotatable bonds is 0. The van der Waals surface area contributed by atoms with Crippen LogP contribution < -0.4 is 0 Å². The van der Waals surface area contributed by atoms with Crippen LogP contribution in [-0.4, -0.2) is 0 Å². The third-order valence-electron chi connectivity index (χ3n) is 2.51. The van der Waals surface area contributed by atoms with E-state index in [9.17, 15) is 0 Å². The Kier molecular flexibility index (Phi) is 4.02. The minimum atomic E-state index is 0.636. The summed E-state index contributed by atoms with van der Waals surface area (Å²) >= 11 is 0. The van der Waals surface area contributed by atoms with Gasteiger partial charge in [-0.3, -0.25) is 0 Å². The van der Waals surface area contributed by atoms with Crippen molar-refractivity contribution in [2.45, 2.75) is 6.92 Å². The Hall–Kier alpha value is -2.95. The molecule has 0 spiro atoms. The van der Waals surface area contributed by atoms with Gasteiger partial charge in [-0.2, -0.15) is 5.26 Å². The number of benzene rings is 2. The standard InChI is InChI=1S/C18H11N/c1-15-5-4-8-17(13-15)7-3-2-6-16-9-11-18(14-19)12-10-16/h4-5,8-13H,1H3. The maximum absolute atomic E-state index is 8.68. The van der Waals surface area contributed by atoms with Crippen LogP contribution in [0.15, 0.2) is 48.5 Å². The molecule has 0 amide bonds. The fourth-order valence-electron chi connectivity index (χ4n) is 1.56. The van der Waals surface area contributed by atoms with E-state index < -0.39 is 0 Å². The van der Waals surface area contributed by atoms with E-state index >= 15 is 0 Å². The highest BCUT2D eigenvalue weighted by atomic mass is 14.2. The van der Waals surface area contributed by atoms with Crippen LogP contribution >= 0.6 is 0 Å². The minimum Gasteiger partial charge on any atom is -0.192 e. The van der Waals surface area contributed by atoms with Gasteiger partial charge in [0.05, 0.1) is 11.6 Å². The summed E-state index contributed by atoms with van der Waals surface area (Å²) in [5, 5.41) is 8.68. The summed E-state index contributed by atoms with van der Waals surface area (Å²) in [6.07, 6.45) is 0. The molecule has 1 heteroatoms. The van der Waals surface area contributed by atoms with Crippen LogP contribution in [0.4, 0.5) is 0 Å². The molecule has 0 radical (unpaired) electrons. The third kappa shape index (κ3) is 3.78. The van der Waals surface area contributed by atoms with Gasteiger partial charge in [-0.1, -0.05) is 24.0 Å². The molecule has 0 aromatic heterocycles. The normalized spacial score (nSPS) is 8.42. The summed E-state index contributed by atoms with van der Waals surface area (Å²) in [5.74, 6) is 11.6. The lowest BCUT2D eigenvalue weighted by Gasteiger charge is -1.91. The molecule has 0 bridgehead atoms. The van der Waals surface area contributed by atoms with Crippen molar-refractivity contribution in [3.63, 3.8) is 0 Å². The summed E-state index contributed by atoms with van der Waals surface area (Å²) < 4.78 is 0. The van der Waals surface area contributed by atoms with E-state index in [2.05, 4.69) is 29.8 Å². The quantitative estimate of drug-likeness (QED) is 0.649. The zero-order valence-electron chi connectivity index (χ0n) is 10.6. The molecule has 88 valence electrons. The van der Waals surface area contributed by atoms with Gasteiger partial charge in [0, 0.05) is 11.1 Å². The first-order valence-corrected chi connectivity index (χ1v) is 5.87. The number of hydrogen-bond acceptors (Lipinski definition) is 1. The van der Waals surface area contributed by atoms with E-state index in [0.717, 1.165) is 11.1 Å². The third-order valence-corrected chi connectivity index (χ3v) is 2.51. The molecule has 19 heavy (non-hydrogen) atoms. The van der Waals surface area contributed by atoms with Crippen LogP contribution in [0.5, 0.6) is 0 Å². The van der Waals surface area contributed by atoms with E-state index in [1.807, 2.05) is 43.3 Å². The first kappa shape index (κ1) is 12.5. The van der Waals surface area contributed by atoms with Crippen LogP contribution in [0.1, 0.15) is 22.3 Å². The average Bonchev–Trinajstić information content (AvgIpc) is 2.44. The molecule has 1 nitrogen and oxygen atoms in total. The summed E-state index contributed by atoms with van der Waals surface area (Å²) in [6.45, 7) is 2.04. The molecule has 0 saturated heterocycles. The van der Waals surface area contributed by atoms with E-state index in [1.54, 1.807) is 12.1 Å². The van der Waals surface area contributed by atoms with E-state index in [0.29, 0.717) is 5.56 Å². The second-order valence-corrected chi connectivity index (χ2v) is 4.06. The van der Waals surface area contributed by atoms with Gasteiger partial charge in [-0.05, 0) is 60.7 Å². The molecule has 0 aliphatic carbocycles. The minimum absolute atomic E-state index is 0.636. The fourth-order valence-corrected chi connectivity index (χ4v) is 1.56. The van der Waals surface area contributed by atoms with E-state index in [1.165, 1.54) is 5.56 Å². The van der Waals surface area contributed by atoms with Crippen LogP contribution in [-0.2, 0) is 0 Å². The number of aryl methyl sites for hydroxylation is 1. The summed E-state index contributed by atoms with van der Waals surface area (Å²) in [5.41, 5.74) is 3.65. The van der Waals surface area contributed by atoms with Crippen LogP contribution in [0, 0.1) is 41.9 Å². The van der Waals surface area contributed by atoms with Gasteiger partial charge in [-0.15, -0.1) is 0 Å². The molecule has 0 fully saturated rings. The lowest BCUT2D eigenvalue weighted by molar-refractivity contribution is 1.46. The van der Waals surface area contributed by atoms with Crippen molar-refractivity contribution in [2.24, 2.45) is 0 Å². The molecular formula is C18H11N. The second-order valence-electron chi connectivity index (χ2n) is 4.06. The molecule has 0 heterocycles. The Morgan fingerprint density at radius 1 is 0.789 bits per heavy atom. The van der Waals surface area contributed by atoms with Crippen molar-refractivity contribution in [3.05, 3.63) is 70.8 Å². The largest absolute Gasteiger partial charge is 0.192 e. The smallest absolute Gasteiger partial charge is 0.0991 e. The monoisotopic (exact) mass is 241 g/mol. The van der Waals surface area contributed by atoms with Crippen molar-refractivity contribution in [1.29, 1.82) is 5.26 Å². The molecule has 2 rings (SSSR count). The van der Waals surface area contributed by atoms with Gasteiger partial charge in [0.15, 0.2) is 0 Å². The number of hydrogen-bond donors (Lipinski definition) is 0. The first-order chi connectivity index (χ1) is 9.28. The first-order valence-electron chi connectivity index (χ1n) is 5.87. The maximum Gasteiger partial charge on any atom is 0.0991 e. The highest BCUT2D eigenvalue weighted by molar-refractivity contribution is 5.46. The fraction of sp³-hybridized carbons (Fsp3) is 0.0556. The highest BCUT2D eigenvalue weighted by Gasteiger charge is 1.88. The second kappa shape index (κ2) is 6.11. The topological polar surface area (TPSA) is 23.8 Å². The van der Waals surface area contributed by atoms with Crippen LogP contribution in [0.2, 0.25) is 0 Å². The zero-order valence-corrected chi connectivity index (χ0v) is 10.6.